The van der Waals surface area contributed by atoms with Crippen LogP contribution in [0.5, 0.6) is 5.75 Å². The molecule has 7 nitrogen and oxygen atoms in total. The lowest BCUT2D eigenvalue weighted by Crippen LogP contribution is -2.50. The summed E-state index contributed by atoms with van der Waals surface area (Å²) in [6.07, 6.45) is 1.65. The first-order valence-corrected chi connectivity index (χ1v) is 12.4. The molecule has 2 aliphatic rings. The third kappa shape index (κ3) is 5.02. The molecule has 1 N–H and O–H groups in total. The van der Waals surface area contributed by atoms with E-state index >= 15 is 0 Å². The topological polar surface area (TPSA) is 79.0 Å². The molecule has 31 heavy (non-hydrogen) atoms. The number of carbonyl (C=O) groups excluding carboxylic acids is 1. The van der Waals surface area contributed by atoms with E-state index in [4.69, 9.17) is 4.74 Å². The summed E-state index contributed by atoms with van der Waals surface area (Å²) in [6, 6.07) is 15.2. The lowest BCUT2D eigenvalue weighted by atomic mass is 10.1. The maximum Gasteiger partial charge on any atom is 0.263 e. The molecule has 1 amide bonds. The molecule has 166 valence electrons. The van der Waals surface area contributed by atoms with Crippen LogP contribution in [0.1, 0.15) is 30.9 Å². The van der Waals surface area contributed by atoms with Crippen LogP contribution in [-0.2, 0) is 27.9 Å². The van der Waals surface area contributed by atoms with E-state index in [1.165, 1.54) is 22.7 Å². The van der Waals surface area contributed by atoms with E-state index in [-0.39, 0.29) is 18.2 Å². The van der Waals surface area contributed by atoms with Crippen LogP contribution >= 0.6 is 0 Å². The zero-order valence-electron chi connectivity index (χ0n) is 17.8. The average Bonchev–Trinajstić information content (AvgIpc) is 3.30. The second kappa shape index (κ2) is 9.28. The van der Waals surface area contributed by atoms with Gasteiger partial charge in [-0.25, -0.2) is 8.42 Å². The predicted octanol–water partition coefficient (Wildman–Crippen LogP) is 2.52. The zero-order chi connectivity index (χ0) is 21.8. The fourth-order valence-corrected chi connectivity index (χ4v) is 5.15. The number of hydrogen-bond donors (Lipinski definition) is 1. The molecule has 0 aliphatic carbocycles. The lowest BCUT2D eigenvalue weighted by molar-refractivity contribution is -0.127. The fourth-order valence-electron chi connectivity index (χ4n) is 4.02. The van der Waals surface area contributed by atoms with E-state index < -0.39 is 16.1 Å². The molecule has 1 saturated heterocycles. The molecule has 0 saturated carbocycles. The Morgan fingerprint density at radius 3 is 2.45 bits per heavy atom. The number of anilines is 1. The number of ether oxygens (including phenoxy) is 1. The van der Waals surface area contributed by atoms with Gasteiger partial charge >= 0.3 is 0 Å². The van der Waals surface area contributed by atoms with Gasteiger partial charge in [0.1, 0.15) is 5.75 Å². The SMILES string of the molecule is CCS(=O)(=O)N1C[C@@H](C(=O)NCc2ccc(CN3CCCC3)cc2)Oc2ccccc21. The predicted molar refractivity (Wildman–Crippen MR) is 120 cm³/mol. The van der Waals surface area contributed by atoms with Crippen LogP contribution in [0, 0.1) is 0 Å². The minimum atomic E-state index is -3.51. The van der Waals surface area contributed by atoms with E-state index in [9.17, 15) is 13.2 Å². The van der Waals surface area contributed by atoms with Gasteiger partial charge in [0.05, 0.1) is 18.0 Å². The summed E-state index contributed by atoms with van der Waals surface area (Å²) >= 11 is 0. The van der Waals surface area contributed by atoms with E-state index in [1.54, 1.807) is 31.2 Å². The number of carbonyl (C=O) groups is 1. The Balaban J connectivity index is 1.38. The summed E-state index contributed by atoms with van der Waals surface area (Å²) in [5.41, 5.74) is 2.74. The van der Waals surface area contributed by atoms with Gasteiger partial charge in [-0.2, -0.15) is 0 Å². The van der Waals surface area contributed by atoms with E-state index in [1.807, 2.05) is 12.1 Å². The van der Waals surface area contributed by atoms with Crippen LogP contribution in [0.25, 0.3) is 0 Å². The van der Waals surface area contributed by atoms with Crippen molar-refractivity contribution in [2.75, 3.05) is 29.7 Å². The highest BCUT2D eigenvalue weighted by molar-refractivity contribution is 7.92. The van der Waals surface area contributed by atoms with Crippen molar-refractivity contribution in [2.45, 2.75) is 39.0 Å². The van der Waals surface area contributed by atoms with E-state index in [0.29, 0.717) is 18.0 Å². The molecule has 0 spiro atoms. The number of likely N-dealkylation sites (tertiary alicyclic amines) is 1. The summed E-state index contributed by atoms with van der Waals surface area (Å²) in [5, 5.41) is 2.89. The number of amides is 1. The van der Waals surface area contributed by atoms with E-state index in [0.717, 1.165) is 25.2 Å². The molecule has 2 aliphatic heterocycles. The highest BCUT2D eigenvalue weighted by Crippen LogP contribution is 2.35. The third-order valence-corrected chi connectivity index (χ3v) is 7.57. The molecule has 0 radical (unpaired) electrons. The van der Waals surface area contributed by atoms with Gasteiger partial charge in [-0.3, -0.25) is 14.0 Å². The highest BCUT2D eigenvalue weighted by Gasteiger charge is 2.35. The van der Waals surface area contributed by atoms with Crippen molar-refractivity contribution in [1.29, 1.82) is 0 Å². The number of fused-ring (bicyclic) bond motifs is 1. The summed E-state index contributed by atoms with van der Waals surface area (Å²) in [4.78, 5) is 15.2. The van der Waals surface area contributed by atoms with Gasteiger partial charge in [-0.15, -0.1) is 0 Å². The Hall–Kier alpha value is -2.58. The molecule has 2 heterocycles. The number of sulfonamides is 1. The Bertz CT molecular complexity index is 1020. The summed E-state index contributed by atoms with van der Waals surface area (Å²) < 4.78 is 32.2. The standard InChI is InChI=1S/C23H29N3O4S/c1-2-31(28,29)26-17-22(30-21-8-4-3-7-20(21)26)23(27)24-15-18-9-11-19(12-10-18)16-25-13-5-6-14-25/h3-4,7-12,22H,2,5-6,13-17H2,1H3,(H,24,27)/t22-/m0/s1. The zero-order valence-corrected chi connectivity index (χ0v) is 18.6. The first-order valence-electron chi connectivity index (χ1n) is 10.8. The third-order valence-electron chi connectivity index (χ3n) is 5.82. The molecular weight excluding hydrogens is 414 g/mol. The normalized spacial score (nSPS) is 19.0. The number of nitrogens with zero attached hydrogens (tertiary/aromatic N) is 2. The molecule has 1 fully saturated rings. The Morgan fingerprint density at radius 1 is 1.06 bits per heavy atom. The fraction of sp³-hybridized carbons (Fsp3) is 0.435. The molecule has 2 aromatic rings. The minimum absolute atomic E-state index is 0.0339. The highest BCUT2D eigenvalue weighted by atomic mass is 32.2. The second-order valence-corrected chi connectivity index (χ2v) is 10.2. The molecular formula is C23H29N3O4S. The van der Waals surface area contributed by atoms with Crippen LogP contribution in [0.15, 0.2) is 48.5 Å². The number of rotatable bonds is 7. The van der Waals surface area contributed by atoms with Gasteiger partial charge in [0.2, 0.25) is 10.0 Å². The molecule has 4 rings (SSSR count). The van der Waals surface area contributed by atoms with Crippen molar-refractivity contribution in [1.82, 2.24) is 10.2 Å². The van der Waals surface area contributed by atoms with Crippen LogP contribution in [0.2, 0.25) is 0 Å². The van der Waals surface area contributed by atoms with Crippen LogP contribution < -0.4 is 14.4 Å². The summed E-state index contributed by atoms with van der Waals surface area (Å²) in [7, 11) is -3.51. The first kappa shape index (κ1) is 21.6. The number of para-hydroxylation sites is 2. The molecule has 0 aromatic heterocycles. The first-order chi connectivity index (χ1) is 15.0. The van der Waals surface area contributed by atoms with E-state index in [2.05, 4.69) is 22.3 Å². The Labute approximate surface area is 184 Å². The maximum atomic E-state index is 12.8. The summed E-state index contributed by atoms with van der Waals surface area (Å²) in [5.74, 6) is 0.0311. The molecule has 1 atom stereocenters. The van der Waals surface area contributed by atoms with Crippen molar-refractivity contribution in [3.63, 3.8) is 0 Å². The van der Waals surface area contributed by atoms with Crippen LogP contribution in [0.3, 0.4) is 0 Å². The maximum absolute atomic E-state index is 12.8. The van der Waals surface area contributed by atoms with Gasteiger partial charge in [0, 0.05) is 13.1 Å². The van der Waals surface area contributed by atoms with Crippen LogP contribution in [0.4, 0.5) is 5.69 Å². The second-order valence-electron chi connectivity index (χ2n) is 8.02. The molecule has 2 aromatic carbocycles. The lowest BCUT2D eigenvalue weighted by Gasteiger charge is -2.34. The molecule has 0 unspecified atom stereocenters. The van der Waals surface area contributed by atoms with Crippen LogP contribution in [-0.4, -0.2) is 50.7 Å². The minimum Gasteiger partial charge on any atom is -0.476 e. The van der Waals surface area contributed by atoms with Gasteiger partial charge in [0.25, 0.3) is 5.91 Å². The molecule has 8 heteroatoms. The van der Waals surface area contributed by atoms with Crippen molar-refractivity contribution in [2.24, 2.45) is 0 Å². The van der Waals surface area contributed by atoms with Gasteiger partial charge < -0.3 is 10.1 Å². The van der Waals surface area contributed by atoms with Gasteiger partial charge in [-0.05, 0) is 56.1 Å². The Morgan fingerprint density at radius 2 is 1.74 bits per heavy atom. The Kier molecular flexibility index (Phi) is 6.48. The summed E-state index contributed by atoms with van der Waals surface area (Å²) in [6.45, 7) is 5.21. The smallest absolute Gasteiger partial charge is 0.263 e. The quantitative estimate of drug-likeness (QED) is 0.711. The van der Waals surface area contributed by atoms with Crippen molar-refractivity contribution in [3.8, 4) is 5.75 Å². The largest absolute Gasteiger partial charge is 0.476 e. The van der Waals surface area contributed by atoms with Crippen molar-refractivity contribution < 1.29 is 17.9 Å². The van der Waals surface area contributed by atoms with Gasteiger partial charge in [-0.1, -0.05) is 36.4 Å². The van der Waals surface area contributed by atoms with Crippen molar-refractivity contribution in [3.05, 3.63) is 59.7 Å². The molecule has 0 bridgehead atoms. The number of hydrogen-bond acceptors (Lipinski definition) is 5. The monoisotopic (exact) mass is 443 g/mol. The number of benzene rings is 2. The number of nitrogens with one attached hydrogen (secondary N) is 1. The van der Waals surface area contributed by atoms with Crippen molar-refractivity contribution >= 4 is 21.6 Å². The average molecular weight is 444 g/mol. The van der Waals surface area contributed by atoms with Gasteiger partial charge in [0.15, 0.2) is 6.10 Å².